The smallest absolute Gasteiger partial charge is 0.0303 e. The molecule has 0 spiro atoms. The van der Waals surface area contributed by atoms with Crippen molar-refractivity contribution in [2.45, 2.75) is 51.0 Å². The fraction of sp³-hybridized carbons (Fsp3) is 0.571. The summed E-state index contributed by atoms with van der Waals surface area (Å²) in [6.45, 7) is 2.26. The fourth-order valence-corrected chi connectivity index (χ4v) is 2.69. The van der Waals surface area contributed by atoms with Gasteiger partial charge in [-0.05, 0) is 29.9 Å². The van der Waals surface area contributed by atoms with Crippen molar-refractivity contribution >= 4 is 0 Å². The zero-order valence-corrected chi connectivity index (χ0v) is 9.58. The van der Waals surface area contributed by atoms with Gasteiger partial charge in [-0.3, -0.25) is 0 Å². The van der Waals surface area contributed by atoms with Crippen LogP contribution in [0, 0.1) is 0 Å². The van der Waals surface area contributed by atoms with E-state index in [1.165, 1.54) is 36.8 Å². The van der Waals surface area contributed by atoms with Gasteiger partial charge in [-0.1, -0.05) is 50.5 Å². The largest absolute Gasteiger partial charge is 0.324 e. The highest BCUT2D eigenvalue weighted by molar-refractivity contribution is 5.37. The highest BCUT2D eigenvalue weighted by Gasteiger charge is 2.27. The van der Waals surface area contributed by atoms with Crippen LogP contribution in [0.5, 0.6) is 0 Å². The summed E-state index contributed by atoms with van der Waals surface area (Å²) in [6, 6.07) is 8.99. The minimum Gasteiger partial charge on any atom is -0.324 e. The van der Waals surface area contributed by atoms with E-state index in [1.807, 2.05) is 0 Å². The lowest BCUT2D eigenvalue weighted by atomic mass is 9.95. The highest BCUT2D eigenvalue weighted by atomic mass is 14.7. The molecule has 0 fully saturated rings. The molecule has 2 N–H and O–H groups in total. The summed E-state index contributed by atoms with van der Waals surface area (Å²) >= 11 is 0. The Morgan fingerprint density at radius 2 is 1.93 bits per heavy atom. The van der Waals surface area contributed by atoms with Gasteiger partial charge >= 0.3 is 0 Å². The maximum Gasteiger partial charge on any atom is 0.0303 e. The molecule has 2 rings (SSSR count). The number of unbranched alkanes of at least 4 members (excludes halogenated alkanes) is 2. The Kier molecular flexibility index (Phi) is 3.42. The number of fused-ring (bicyclic) bond motifs is 1. The molecule has 1 aliphatic carbocycles. The van der Waals surface area contributed by atoms with Crippen molar-refractivity contribution in [3.05, 3.63) is 35.4 Å². The fourth-order valence-electron chi connectivity index (χ4n) is 2.69. The van der Waals surface area contributed by atoms with E-state index in [9.17, 15) is 0 Å². The van der Waals surface area contributed by atoms with Crippen LogP contribution in [0.2, 0.25) is 0 Å². The van der Waals surface area contributed by atoms with Crippen molar-refractivity contribution < 1.29 is 0 Å². The molecule has 1 aromatic rings. The van der Waals surface area contributed by atoms with Crippen molar-refractivity contribution in [2.75, 3.05) is 0 Å². The second-order valence-electron chi connectivity index (χ2n) is 4.66. The van der Waals surface area contributed by atoms with Crippen LogP contribution in [0.25, 0.3) is 0 Å². The molecule has 0 bridgehead atoms. The average molecular weight is 203 g/mol. The van der Waals surface area contributed by atoms with Crippen LogP contribution < -0.4 is 5.73 Å². The molecular weight excluding hydrogens is 182 g/mol. The number of hydrogen-bond donors (Lipinski definition) is 1. The highest BCUT2D eigenvalue weighted by Crippen LogP contribution is 2.41. The Morgan fingerprint density at radius 3 is 2.67 bits per heavy atom. The summed E-state index contributed by atoms with van der Waals surface area (Å²) in [6.07, 6.45) is 6.48. The summed E-state index contributed by atoms with van der Waals surface area (Å²) in [7, 11) is 0. The van der Waals surface area contributed by atoms with Crippen molar-refractivity contribution in [2.24, 2.45) is 5.73 Å². The molecule has 0 heterocycles. The first-order chi connectivity index (χ1) is 7.33. The molecular formula is C14H21N. The Balaban J connectivity index is 2.04. The van der Waals surface area contributed by atoms with E-state index in [2.05, 4.69) is 31.2 Å². The first-order valence-electron chi connectivity index (χ1n) is 6.17. The lowest BCUT2D eigenvalue weighted by Crippen LogP contribution is -2.05. The standard InChI is InChI=1S/C14H21N/c1-2-3-4-7-11-10-14(15)13-9-6-5-8-12(11)13/h5-6,8-9,11,14H,2-4,7,10,15H2,1H3. The zero-order valence-electron chi connectivity index (χ0n) is 9.58. The minimum absolute atomic E-state index is 0.285. The Labute approximate surface area is 92.7 Å². The molecule has 0 aromatic heterocycles. The molecule has 0 aliphatic heterocycles. The third-order valence-corrected chi connectivity index (χ3v) is 3.53. The summed E-state index contributed by atoms with van der Waals surface area (Å²) in [5.41, 5.74) is 9.04. The van der Waals surface area contributed by atoms with Gasteiger partial charge < -0.3 is 5.73 Å². The van der Waals surface area contributed by atoms with Crippen LogP contribution in [0.4, 0.5) is 0 Å². The molecule has 0 amide bonds. The van der Waals surface area contributed by atoms with Gasteiger partial charge in [0.15, 0.2) is 0 Å². The number of nitrogens with two attached hydrogens (primary N) is 1. The molecule has 2 unspecified atom stereocenters. The maximum absolute atomic E-state index is 6.14. The Bertz CT molecular complexity index is 319. The molecule has 82 valence electrons. The van der Waals surface area contributed by atoms with Crippen LogP contribution in [0.3, 0.4) is 0 Å². The van der Waals surface area contributed by atoms with Crippen LogP contribution in [-0.2, 0) is 0 Å². The molecule has 1 aliphatic rings. The summed E-state index contributed by atoms with van der Waals surface area (Å²) in [4.78, 5) is 0. The van der Waals surface area contributed by atoms with Gasteiger partial charge in [0.2, 0.25) is 0 Å². The van der Waals surface area contributed by atoms with Crippen molar-refractivity contribution in [3.8, 4) is 0 Å². The van der Waals surface area contributed by atoms with Gasteiger partial charge in [0.1, 0.15) is 0 Å². The lowest BCUT2D eigenvalue weighted by Gasteiger charge is -2.10. The van der Waals surface area contributed by atoms with Gasteiger partial charge in [0, 0.05) is 6.04 Å². The van der Waals surface area contributed by atoms with Crippen molar-refractivity contribution in [1.82, 2.24) is 0 Å². The lowest BCUT2D eigenvalue weighted by molar-refractivity contribution is 0.531. The summed E-state index contributed by atoms with van der Waals surface area (Å²) < 4.78 is 0. The quantitative estimate of drug-likeness (QED) is 0.741. The van der Waals surface area contributed by atoms with E-state index in [4.69, 9.17) is 5.73 Å². The molecule has 0 saturated carbocycles. The Hall–Kier alpha value is -0.820. The van der Waals surface area contributed by atoms with Crippen LogP contribution in [-0.4, -0.2) is 0 Å². The normalized spacial score (nSPS) is 24.1. The van der Waals surface area contributed by atoms with Gasteiger partial charge in [-0.2, -0.15) is 0 Å². The molecule has 1 heteroatoms. The molecule has 1 aromatic carbocycles. The van der Waals surface area contributed by atoms with Gasteiger partial charge in [-0.15, -0.1) is 0 Å². The van der Waals surface area contributed by atoms with E-state index in [0.717, 1.165) is 12.3 Å². The summed E-state index contributed by atoms with van der Waals surface area (Å²) in [5, 5.41) is 0. The number of rotatable bonds is 4. The third kappa shape index (κ3) is 2.23. The molecule has 2 atom stereocenters. The molecule has 15 heavy (non-hydrogen) atoms. The van der Waals surface area contributed by atoms with Gasteiger partial charge in [-0.25, -0.2) is 0 Å². The van der Waals surface area contributed by atoms with E-state index in [-0.39, 0.29) is 6.04 Å². The van der Waals surface area contributed by atoms with E-state index in [0.29, 0.717) is 0 Å². The van der Waals surface area contributed by atoms with E-state index >= 15 is 0 Å². The SMILES string of the molecule is CCCCCC1CC(N)c2ccccc21. The molecule has 0 radical (unpaired) electrons. The van der Waals surface area contributed by atoms with Crippen LogP contribution in [0.1, 0.15) is 62.1 Å². The predicted molar refractivity (Wildman–Crippen MR) is 64.9 cm³/mol. The van der Waals surface area contributed by atoms with Gasteiger partial charge in [0.05, 0.1) is 0 Å². The van der Waals surface area contributed by atoms with Gasteiger partial charge in [0.25, 0.3) is 0 Å². The number of hydrogen-bond acceptors (Lipinski definition) is 1. The predicted octanol–water partition coefficient (Wildman–Crippen LogP) is 3.75. The monoisotopic (exact) mass is 203 g/mol. The first-order valence-corrected chi connectivity index (χ1v) is 6.17. The van der Waals surface area contributed by atoms with Crippen LogP contribution in [0.15, 0.2) is 24.3 Å². The first kappa shape index (κ1) is 10.7. The van der Waals surface area contributed by atoms with E-state index < -0.39 is 0 Å². The minimum atomic E-state index is 0.285. The van der Waals surface area contributed by atoms with Crippen LogP contribution >= 0.6 is 0 Å². The second kappa shape index (κ2) is 4.80. The Morgan fingerprint density at radius 1 is 1.20 bits per heavy atom. The van der Waals surface area contributed by atoms with Crippen molar-refractivity contribution in [3.63, 3.8) is 0 Å². The summed E-state index contributed by atoms with van der Waals surface area (Å²) in [5.74, 6) is 0.725. The molecule has 0 saturated heterocycles. The van der Waals surface area contributed by atoms with Crippen molar-refractivity contribution in [1.29, 1.82) is 0 Å². The molecule has 1 nitrogen and oxygen atoms in total. The second-order valence-corrected chi connectivity index (χ2v) is 4.66. The zero-order chi connectivity index (χ0) is 10.7. The maximum atomic E-state index is 6.14. The average Bonchev–Trinajstić information content (AvgIpc) is 2.58. The van der Waals surface area contributed by atoms with E-state index in [1.54, 1.807) is 0 Å². The topological polar surface area (TPSA) is 26.0 Å². The third-order valence-electron chi connectivity index (χ3n) is 3.53. The number of benzene rings is 1.